The molecule has 4 heteroatoms. The highest BCUT2D eigenvalue weighted by atomic mass is 16.3. The third kappa shape index (κ3) is 6.83. The van der Waals surface area contributed by atoms with E-state index in [-0.39, 0.29) is 0 Å². The largest absolute Gasteiger partial charge is 0.378 e. The number of hydrogen-bond donors (Lipinski definition) is 2. The second-order valence-electron chi connectivity index (χ2n) is 6.65. The van der Waals surface area contributed by atoms with Crippen LogP contribution in [0.4, 0.5) is 0 Å². The number of amides is 1. The topological polar surface area (TPSA) is 61.7 Å². The molecule has 0 saturated heterocycles. The van der Waals surface area contributed by atoms with Crippen LogP contribution in [-0.2, 0) is 4.79 Å². The van der Waals surface area contributed by atoms with Crippen LogP contribution in [0.5, 0.6) is 0 Å². The fourth-order valence-electron chi connectivity index (χ4n) is 3.11. The van der Waals surface area contributed by atoms with Gasteiger partial charge in [-0.1, -0.05) is 75.3 Å². The van der Waals surface area contributed by atoms with Gasteiger partial charge in [0.25, 0.3) is 5.91 Å². The molecule has 132 valence electrons. The summed E-state index contributed by atoms with van der Waals surface area (Å²) in [7, 11) is 0. The molecule has 24 heavy (non-hydrogen) atoms. The van der Waals surface area contributed by atoms with Gasteiger partial charge in [-0.3, -0.25) is 4.79 Å². The summed E-state index contributed by atoms with van der Waals surface area (Å²) >= 11 is 0. The van der Waals surface area contributed by atoms with Crippen molar-refractivity contribution in [1.29, 1.82) is 0 Å². The van der Waals surface area contributed by atoms with Gasteiger partial charge in [0.1, 0.15) is 0 Å². The van der Waals surface area contributed by atoms with Gasteiger partial charge in [-0.25, -0.2) is 5.43 Å². The number of hydrazone groups is 1. The van der Waals surface area contributed by atoms with Crippen molar-refractivity contribution < 1.29 is 9.90 Å². The van der Waals surface area contributed by atoms with Crippen molar-refractivity contribution in [3.05, 3.63) is 35.9 Å². The number of aliphatic hydroxyl groups is 1. The van der Waals surface area contributed by atoms with E-state index in [1.807, 2.05) is 18.2 Å². The number of nitrogens with zero attached hydrogens (tertiary/aromatic N) is 1. The van der Waals surface area contributed by atoms with Gasteiger partial charge >= 0.3 is 0 Å². The molecule has 1 saturated carbocycles. The number of aliphatic hydroxyl groups excluding tert-OH is 1. The average molecular weight is 330 g/mol. The molecule has 2 rings (SSSR count). The molecule has 4 nitrogen and oxygen atoms in total. The summed E-state index contributed by atoms with van der Waals surface area (Å²) in [6.45, 7) is 0. The molecule has 1 aliphatic rings. The maximum Gasteiger partial charge on any atom is 0.273 e. The first-order valence-electron chi connectivity index (χ1n) is 9.35. The highest BCUT2D eigenvalue weighted by Gasteiger charge is 2.16. The van der Waals surface area contributed by atoms with E-state index in [1.165, 1.54) is 44.9 Å². The molecular weight excluding hydrogens is 300 g/mol. The molecule has 2 N–H and O–H groups in total. The van der Waals surface area contributed by atoms with Crippen molar-refractivity contribution >= 4 is 11.6 Å². The monoisotopic (exact) mass is 330 g/mol. The predicted molar refractivity (Wildman–Crippen MR) is 97.8 cm³/mol. The minimum Gasteiger partial charge on any atom is -0.378 e. The Kier molecular flexibility index (Phi) is 8.53. The van der Waals surface area contributed by atoms with Crippen LogP contribution in [0, 0.1) is 0 Å². The summed E-state index contributed by atoms with van der Waals surface area (Å²) in [5, 5.41) is 14.4. The van der Waals surface area contributed by atoms with Gasteiger partial charge in [0, 0.05) is 5.71 Å². The van der Waals surface area contributed by atoms with Crippen LogP contribution in [0.25, 0.3) is 0 Å². The van der Waals surface area contributed by atoms with Crippen molar-refractivity contribution in [2.45, 2.75) is 76.7 Å². The van der Waals surface area contributed by atoms with Crippen molar-refractivity contribution in [3.8, 4) is 0 Å². The molecule has 1 atom stereocenters. The Morgan fingerprint density at radius 1 is 0.875 bits per heavy atom. The highest BCUT2D eigenvalue weighted by molar-refractivity contribution is 5.87. The molecule has 1 amide bonds. The maximum atomic E-state index is 12.1. The summed E-state index contributed by atoms with van der Waals surface area (Å²) < 4.78 is 0. The predicted octanol–water partition coefficient (Wildman–Crippen LogP) is 4.50. The highest BCUT2D eigenvalue weighted by Crippen LogP contribution is 2.16. The Balaban J connectivity index is 1.87. The summed E-state index contributed by atoms with van der Waals surface area (Å²) in [6, 6.07) is 8.97. The summed E-state index contributed by atoms with van der Waals surface area (Å²) in [5.41, 5.74) is 4.21. The normalized spacial score (nSPS) is 18.8. The quantitative estimate of drug-likeness (QED) is 0.802. The zero-order valence-corrected chi connectivity index (χ0v) is 14.5. The molecular formula is C20H30N2O2. The smallest absolute Gasteiger partial charge is 0.273 e. The number of benzene rings is 1. The van der Waals surface area contributed by atoms with Gasteiger partial charge in [0.05, 0.1) is 0 Å². The molecule has 0 spiro atoms. The lowest BCUT2D eigenvalue weighted by Gasteiger charge is -2.12. The first kappa shape index (κ1) is 18.7. The van der Waals surface area contributed by atoms with Crippen LogP contribution in [0.2, 0.25) is 0 Å². The van der Waals surface area contributed by atoms with E-state index in [0.29, 0.717) is 5.56 Å². The van der Waals surface area contributed by atoms with Crippen LogP contribution in [0.15, 0.2) is 35.4 Å². The molecule has 1 aromatic carbocycles. The number of rotatable bonds is 3. The zero-order valence-electron chi connectivity index (χ0n) is 14.5. The molecule has 1 aliphatic carbocycles. The molecule has 1 unspecified atom stereocenters. The van der Waals surface area contributed by atoms with Crippen molar-refractivity contribution in [3.63, 3.8) is 0 Å². The second-order valence-corrected chi connectivity index (χ2v) is 6.65. The molecule has 0 aromatic heterocycles. The molecule has 0 radical (unpaired) electrons. The van der Waals surface area contributed by atoms with Crippen molar-refractivity contribution in [1.82, 2.24) is 5.43 Å². The number of carbonyl (C=O) groups excluding carboxylic acids is 1. The standard InChI is InChI=1S/C20H30N2O2/c23-19(17-13-9-8-10-14-17)20(24)22-21-18-15-11-6-4-2-1-3-5-7-12-16-18/h8-10,13-14,19,23H,1-7,11-12,15-16H2,(H,22,24). The first-order chi connectivity index (χ1) is 11.8. The van der Waals surface area contributed by atoms with E-state index in [9.17, 15) is 9.90 Å². The molecule has 0 heterocycles. The van der Waals surface area contributed by atoms with Gasteiger partial charge in [-0.05, 0) is 31.2 Å². The summed E-state index contributed by atoms with van der Waals surface area (Å²) in [5.74, 6) is -0.459. The Bertz CT molecular complexity index is 500. The lowest BCUT2D eigenvalue weighted by atomic mass is 10.00. The lowest BCUT2D eigenvalue weighted by Crippen LogP contribution is -2.26. The zero-order chi connectivity index (χ0) is 17.0. The number of nitrogens with one attached hydrogen (secondary N) is 1. The van der Waals surface area contributed by atoms with Gasteiger partial charge in [-0.15, -0.1) is 0 Å². The van der Waals surface area contributed by atoms with Crippen LogP contribution in [0.3, 0.4) is 0 Å². The van der Waals surface area contributed by atoms with E-state index in [2.05, 4.69) is 10.5 Å². The van der Waals surface area contributed by atoms with Gasteiger partial charge in [0.15, 0.2) is 6.10 Å². The molecule has 1 aromatic rings. The van der Waals surface area contributed by atoms with Crippen LogP contribution >= 0.6 is 0 Å². The number of carbonyl (C=O) groups is 1. The van der Waals surface area contributed by atoms with Gasteiger partial charge in [0.2, 0.25) is 0 Å². The van der Waals surface area contributed by atoms with Crippen LogP contribution in [-0.4, -0.2) is 16.7 Å². The Morgan fingerprint density at radius 2 is 1.38 bits per heavy atom. The molecule has 1 fully saturated rings. The fourth-order valence-corrected chi connectivity index (χ4v) is 3.11. The third-order valence-electron chi connectivity index (χ3n) is 4.62. The van der Waals surface area contributed by atoms with E-state index in [1.54, 1.807) is 12.1 Å². The maximum absolute atomic E-state index is 12.1. The summed E-state index contributed by atoms with van der Waals surface area (Å²) in [4.78, 5) is 12.1. The van der Waals surface area contributed by atoms with E-state index < -0.39 is 12.0 Å². The minimum atomic E-state index is -1.17. The Hall–Kier alpha value is -1.68. The molecule has 0 aliphatic heterocycles. The van der Waals surface area contributed by atoms with E-state index in [0.717, 1.165) is 31.4 Å². The lowest BCUT2D eigenvalue weighted by molar-refractivity contribution is -0.129. The summed E-state index contributed by atoms with van der Waals surface area (Å²) in [6.07, 6.45) is 12.1. The molecule has 0 bridgehead atoms. The van der Waals surface area contributed by atoms with Gasteiger partial charge in [-0.2, -0.15) is 5.10 Å². The van der Waals surface area contributed by atoms with Gasteiger partial charge < -0.3 is 5.11 Å². The minimum absolute atomic E-state index is 0.459. The van der Waals surface area contributed by atoms with Crippen molar-refractivity contribution in [2.24, 2.45) is 5.10 Å². The SMILES string of the molecule is O=C(NN=C1CCCCCCCCCCC1)C(O)c1ccccc1. The van der Waals surface area contributed by atoms with E-state index >= 15 is 0 Å². The second kappa shape index (κ2) is 11.0. The Morgan fingerprint density at radius 3 is 1.92 bits per heavy atom. The third-order valence-corrected chi connectivity index (χ3v) is 4.62. The fraction of sp³-hybridized carbons (Fsp3) is 0.600. The van der Waals surface area contributed by atoms with Crippen LogP contribution < -0.4 is 5.43 Å². The Labute approximate surface area is 145 Å². The van der Waals surface area contributed by atoms with Crippen LogP contribution in [0.1, 0.15) is 82.3 Å². The van der Waals surface area contributed by atoms with Crippen molar-refractivity contribution in [2.75, 3.05) is 0 Å². The van der Waals surface area contributed by atoms with E-state index in [4.69, 9.17) is 0 Å². The first-order valence-corrected chi connectivity index (χ1v) is 9.35. The number of hydrogen-bond acceptors (Lipinski definition) is 3. The average Bonchev–Trinajstić information content (AvgIpc) is 2.61.